The molecule has 2 aromatic rings. The molecule has 31 heavy (non-hydrogen) atoms. The Morgan fingerprint density at radius 1 is 1.10 bits per heavy atom. The van der Waals surface area contributed by atoms with Crippen LogP contribution >= 0.6 is 0 Å². The van der Waals surface area contributed by atoms with Gasteiger partial charge in [-0.1, -0.05) is 30.3 Å². The topological polar surface area (TPSA) is 62.2 Å². The third-order valence-electron chi connectivity index (χ3n) is 9.47. The van der Waals surface area contributed by atoms with Gasteiger partial charge in [-0.15, -0.1) is 0 Å². The lowest BCUT2D eigenvalue weighted by atomic mass is 9.44. The van der Waals surface area contributed by atoms with Crippen LogP contribution in [0.1, 0.15) is 35.1 Å². The van der Waals surface area contributed by atoms with E-state index in [4.69, 9.17) is 9.47 Å². The lowest BCUT2D eigenvalue weighted by Crippen LogP contribution is -2.79. The fourth-order valence-electron chi connectivity index (χ4n) is 8.19. The SMILES string of the molecule is COc1ccc2c3c1OC1C(O)C4(Cc5ccccc5C4)CC4(O)[C@@H](C2)N(C)CC[C@]314. The van der Waals surface area contributed by atoms with Crippen LogP contribution in [0.15, 0.2) is 36.4 Å². The molecule has 5 heteroatoms. The van der Waals surface area contributed by atoms with E-state index in [0.717, 1.165) is 43.5 Å². The van der Waals surface area contributed by atoms with Crippen LogP contribution in [-0.2, 0) is 24.7 Å². The van der Waals surface area contributed by atoms with E-state index in [1.54, 1.807) is 7.11 Å². The van der Waals surface area contributed by atoms with Crippen molar-refractivity contribution in [2.24, 2.45) is 5.41 Å². The molecule has 2 spiro atoms. The number of likely N-dealkylation sites (N-methyl/N-ethyl adjacent to an activating group) is 1. The molecule has 1 saturated carbocycles. The summed E-state index contributed by atoms with van der Waals surface area (Å²) in [7, 11) is 3.80. The van der Waals surface area contributed by atoms with Gasteiger partial charge < -0.3 is 24.6 Å². The molecule has 2 N–H and O–H groups in total. The maximum Gasteiger partial charge on any atom is 0.166 e. The second-order valence-electron chi connectivity index (χ2n) is 10.6. The number of aliphatic hydroxyl groups excluding tert-OH is 1. The monoisotopic (exact) mass is 419 g/mol. The summed E-state index contributed by atoms with van der Waals surface area (Å²) in [5, 5.41) is 24.7. The largest absolute Gasteiger partial charge is 0.493 e. The smallest absolute Gasteiger partial charge is 0.166 e. The molecule has 7 rings (SSSR count). The van der Waals surface area contributed by atoms with E-state index in [9.17, 15) is 10.2 Å². The third kappa shape index (κ3) is 1.92. The summed E-state index contributed by atoms with van der Waals surface area (Å²) in [6.45, 7) is 0.892. The highest BCUT2D eigenvalue weighted by molar-refractivity contribution is 5.63. The zero-order chi connectivity index (χ0) is 21.2. The first-order valence-electron chi connectivity index (χ1n) is 11.5. The molecule has 2 fully saturated rings. The molecular formula is C26H29NO4. The third-order valence-corrected chi connectivity index (χ3v) is 9.47. The molecule has 3 unspecified atom stereocenters. The number of fused-ring (bicyclic) bond motifs is 1. The van der Waals surface area contributed by atoms with E-state index < -0.39 is 28.6 Å². The summed E-state index contributed by atoms with van der Waals surface area (Å²) in [5.41, 5.74) is 2.99. The molecule has 1 saturated heterocycles. The Morgan fingerprint density at radius 3 is 2.55 bits per heavy atom. The van der Waals surface area contributed by atoms with Gasteiger partial charge in [0.05, 0.1) is 24.2 Å². The van der Waals surface area contributed by atoms with Gasteiger partial charge in [0.2, 0.25) is 0 Å². The normalized spacial score (nSPS) is 38.5. The van der Waals surface area contributed by atoms with Gasteiger partial charge in [0.25, 0.3) is 0 Å². The van der Waals surface area contributed by atoms with Gasteiger partial charge in [-0.25, -0.2) is 0 Å². The van der Waals surface area contributed by atoms with E-state index in [1.165, 1.54) is 16.7 Å². The Hall–Kier alpha value is -2.08. The second-order valence-corrected chi connectivity index (χ2v) is 10.6. The molecule has 0 aromatic heterocycles. The second kappa shape index (κ2) is 5.64. The highest BCUT2D eigenvalue weighted by atomic mass is 16.5. The molecule has 2 aliphatic heterocycles. The number of hydrogen-bond acceptors (Lipinski definition) is 5. The van der Waals surface area contributed by atoms with Crippen molar-refractivity contribution in [3.8, 4) is 11.5 Å². The fourth-order valence-corrected chi connectivity index (χ4v) is 8.19. The number of nitrogens with zero attached hydrogens (tertiary/aromatic N) is 1. The molecule has 0 radical (unpaired) electrons. The van der Waals surface area contributed by atoms with Crippen molar-refractivity contribution in [2.45, 2.75) is 61.4 Å². The maximum atomic E-state index is 12.7. The molecule has 2 heterocycles. The predicted octanol–water partition coefficient (Wildman–Crippen LogP) is 2.24. The van der Waals surface area contributed by atoms with Gasteiger partial charge in [0, 0.05) is 17.0 Å². The Morgan fingerprint density at radius 2 is 1.84 bits per heavy atom. The van der Waals surface area contributed by atoms with Crippen LogP contribution in [0.3, 0.4) is 0 Å². The van der Waals surface area contributed by atoms with Gasteiger partial charge in [-0.2, -0.15) is 0 Å². The Labute approximate surface area is 182 Å². The zero-order valence-corrected chi connectivity index (χ0v) is 18.1. The summed E-state index contributed by atoms with van der Waals surface area (Å²) in [4.78, 5) is 2.33. The first-order chi connectivity index (χ1) is 14.9. The fraction of sp³-hybridized carbons (Fsp3) is 0.538. The van der Waals surface area contributed by atoms with Gasteiger partial charge >= 0.3 is 0 Å². The Balaban J connectivity index is 1.46. The molecule has 0 amide bonds. The number of aliphatic hydroxyl groups is 2. The zero-order valence-electron chi connectivity index (χ0n) is 18.1. The van der Waals surface area contributed by atoms with E-state index in [-0.39, 0.29) is 6.04 Å². The number of likely N-dealkylation sites (tertiary alicyclic amines) is 1. The van der Waals surface area contributed by atoms with Crippen LogP contribution in [0.5, 0.6) is 11.5 Å². The number of methoxy groups -OCH3 is 1. The highest BCUT2D eigenvalue weighted by Crippen LogP contribution is 2.69. The van der Waals surface area contributed by atoms with Crippen molar-refractivity contribution in [2.75, 3.05) is 20.7 Å². The Kier molecular flexibility index (Phi) is 3.36. The van der Waals surface area contributed by atoms with E-state index in [0.29, 0.717) is 12.2 Å². The quantitative estimate of drug-likeness (QED) is 0.742. The Bertz CT molecular complexity index is 1090. The summed E-state index contributed by atoms with van der Waals surface area (Å²) < 4.78 is 12.3. The standard InChI is InChI=1S/C26H29NO4/c1-27-10-9-25-20-15-7-8-18(30-2)21(20)31-23(25)22(28)24(14-26(25,29)19(27)11-15)12-16-5-3-4-6-17(16)13-24/h3-8,19,22-23,28-29H,9-14H2,1-2H3/t19-,22?,23?,25+,26?/m1/s1. The van der Waals surface area contributed by atoms with Crippen LogP contribution < -0.4 is 9.47 Å². The van der Waals surface area contributed by atoms with Crippen LogP contribution in [0.2, 0.25) is 0 Å². The summed E-state index contributed by atoms with van der Waals surface area (Å²) >= 11 is 0. The van der Waals surface area contributed by atoms with Crippen molar-refractivity contribution in [1.82, 2.24) is 4.90 Å². The van der Waals surface area contributed by atoms with Crippen LogP contribution in [0, 0.1) is 5.41 Å². The minimum Gasteiger partial charge on any atom is -0.493 e. The lowest BCUT2D eigenvalue weighted by molar-refractivity contribution is -0.243. The van der Waals surface area contributed by atoms with Gasteiger partial charge in [-0.3, -0.25) is 0 Å². The lowest BCUT2D eigenvalue weighted by Gasteiger charge is -2.66. The van der Waals surface area contributed by atoms with Crippen molar-refractivity contribution < 1.29 is 19.7 Å². The van der Waals surface area contributed by atoms with Crippen LogP contribution in [0.25, 0.3) is 0 Å². The molecule has 2 aromatic carbocycles. The minimum absolute atomic E-state index is 0.0206. The highest BCUT2D eigenvalue weighted by Gasteiger charge is 2.77. The molecule has 5 nitrogen and oxygen atoms in total. The minimum atomic E-state index is -0.948. The summed E-state index contributed by atoms with van der Waals surface area (Å²) in [6, 6.07) is 12.6. The summed E-state index contributed by atoms with van der Waals surface area (Å²) in [5.74, 6) is 1.45. The summed E-state index contributed by atoms with van der Waals surface area (Å²) in [6.07, 6.45) is 2.67. The van der Waals surface area contributed by atoms with E-state index in [2.05, 4.69) is 42.3 Å². The van der Waals surface area contributed by atoms with Crippen LogP contribution in [-0.4, -0.2) is 59.7 Å². The predicted molar refractivity (Wildman–Crippen MR) is 116 cm³/mol. The maximum absolute atomic E-state index is 12.7. The number of rotatable bonds is 1. The first kappa shape index (κ1) is 18.5. The number of ether oxygens (including phenoxy) is 2. The molecule has 162 valence electrons. The average molecular weight is 420 g/mol. The van der Waals surface area contributed by atoms with Crippen molar-refractivity contribution in [3.05, 3.63) is 58.7 Å². The van der Waals surface area contributed by atoms with Gasteiger partial charge in [0.15, 0.2) is 11.5 Å². The number of piperidine rings is 1. The van der Waals surface area contributed by atoms with Gasteiger partial charge in [0.1, 0.15) is 6.10 Å². The average Bonchev–Trinajstić information content (AvgIpc) is 3.30. The first-order valence-corrected chi connectivity index (χ1v) is 11.5. The molecule has 5 aliphatic rings. The molecule has 5 atom stereocenters. The molecular weight excluding hydrogens is 390 g/mol. The van der Waals surface area contributed by atoms with Crippen molar-refractivity contribution in [1.29, 1.82) is 0 Å². The molecule has 3 aliphatic carbocycles. The molecule has 2 bridgehead atoms. The van der Waals surface area contributed by atoms with Crippen molar-refractivity contribution >= 4 is 0 Å². The number of hydrogen-bond donors (Lipinski definition) is 2. The number of benzene rings is 2. The van der Waals surface area contributed by atoms with Crippen LogP contribution in [0.4, 0.5) is 0 Å². The van der Waals surface area contributed by atoms with Gasteiger partial charge in [-0.05, 0) is 68.5 Å². The van der Waals surface area contributed by atoms with E-state index >= 15 is 0 Å². The van der Waals surface area contributed by atoms with E-state index in [1.807, 2.05) is 6.07 Å². The van der Waals surface area contributed by atoms with Crippen molar-refractivity contribution in [3.63, 3.8) is 0 Å².